The van der Waals surface area contributed by atoms with E-state index in [2.05, 4.69) is 14.9 Å². The van der Waals surface area contributed by atoms with Gasteiger partial charge in [0.25, 0.3) is 0 Å². The normalized spacial score (nSPS) is 10.9. The van der Waals surface area contributed by atoms with Crippen LogP contribution in [0.1, 0.15) is 0 Å². The van der Waals surface area contributed by atoms with E-state index in [0.29, 0.717) is 13.1 Å². The van der Waals surface area contributed by atoms with Crippen molar-refractivity contribution in [1.82, 2.24) is 9.97 Å². The third kappa shape index (κ3) is 2.13. The molecular weight excluding hydrogens is 222 g/mol. The molecule has 2 heterocycles. The highest BCUT2D eigenvalue weighted by atomic mass is 32.1. The Kier molecular flexibility index (Phi) is 3.66. The van der Waals surface area contributed by atoms with Crippen molar-refractivity contribution in [3.63, 3.8) is 0 Å². The van der Waals surface area contributed by atoms with E-state index in [9.17, 15) is 0 Å². The molecule has 86 valence electrons. The van der Waals surface area contributed by atoms with Gasteiger partial charge in [0.15, 0.2) is 0 Å². The molecule has 0 fully saturated rings. The zero-order chi connectivity index (χ0) is 11.4. The van der Waals surface area contributed by atoms with E-state index in [1.807, 2.05) is 11.4 Å². The molecule has 0 aromatic carbocycles. The average molecular weight is 237 g/mol. The summed E-state index contributed by atoms with van der Waals surface area (Å²) in [4.78, 5) is 11.7. The van der Waals surface area contributed by atoms with Gasteiger partial charge in [0.1, 0.15) is 17.0 Å². The van der Waals surface area contributed by atoms with Crippen molar-refractivity contribution >= 4 is 27.4 Å². The molecular formula is C10H15N5S. The van der Waals surface area contributed by atoms with E-state index in [0.717, 1.165) is 29.1 Å². The van der Waals surface area contributed by atoms with E-state index in [4.69, 9.17) is 11.5 Å². The Labute approximate surface area is 98.1 Å². The van der Waals surface area contributed by atoms with Gasteiger partial charge in [0.2, 0.25) is 0 Å². The van der Waals surface area contributed by atoms with Crippen molar-refractivity contribution in [1.29, 1.82) is 0 Å². The summed E-state index contributed by atoms with van der Waals surface area (Å²) in [6.07, 6.45) is 1.59. The minimum absolute atomic E-state index is 0.593. The van der Waals surface area contributed by atoms with Crippen molar-refractivity contribution < 1.29 is 0 Å². The number of anilines is 1. The number of hydrogen-bond acceptors (Lipinski definition) is 6. The summed E-state index contributed by atoms with van der Waals surface area (Å²) >= 11 is 1.61. The fourth-order valence-electron chi connectivity index (χ4n) is 1.66. The lowest BCUT2D eigenvalue weighted by molar-refractivity contribution is 0.772. The molecule has 6 heteroatoms. The Morgan fingerprint density at radius 2 is 1.94 bits per heavy atom. The van der Waals surface area contributed by atoms with Crippen LogP contribution >= 0.6 is 11.3 Å². The maximum atomic E-state index is 5.59. The van der Waals surface area contributed by atoms with Gasteiger partial charge >= 0.3 is 0 Å². The molecule has 5 nitrogen and oxygen atoms in total. The van der Waals surface area contributed by atoms with E-state index in [1.165, 1.54) is 0 Å². The first-order chi connectivity index (χ1) is 7.86. The highest BCUT2D eigenvalue weighted by molar-refractivity contribution is 7.16. The van der Waals surface area contributed by atoms with Gasteiger partial charge in [0, 0.05) is 26.2 Å². The van der Waals surface area contributed by atoms with Gasteiger partial charge in [-0.05, 0) is 11.4 Å². The molecule has 0 aliphatic carbocycles. The number of hydrogen-bond donors (Lipinski definition) is 2. The third-order valence-corrected chi connectivity index (χ3v) is 3.16. The second-order valence-corrected chi connectivity index (χ2v) is 4.30. The van der Waals surface area contributed by atoms with Gasteiger partial charge in [-0.3, -0.25) is 0 Å². The van der Waals surface area contributed by atoms with Crippen molar-refractivity contribution in [2.24, 2.45) is 11.5 Å². The molecule has 0 radical (unpaired) electrons. The summed E-state index contributed by atoms with van der Waals surface area (Å²) in [5.74, 6) is 0.933. The van der Waals surface area contributed by atoms with Crippen LogP contribution in [0.5, 0.6) is 0 Å². The molecule has 0 amide bonds. The molecule has 0 saturated carbocycles. The van der Waals surface area contributed by atoms with Gasteiger partial charge in [-0.15, -0.1) is 11.3 Å². The van der Waals surface area contributed by atoms with Crippen LogP contribution in [0, 0.1) is 0 Å². The number of thiophene rings is 1. The lowest BCUT2D eigenvalue weighted by Gasteiger charge is -2.22. The lowest BCUT2D eigenvalue weighted by Crippen LogP contribution is -2.34. The molecule has 0 spiro atoms. The molecule has 16 heavy (non-hydrogen) atoms. The number of fused-ring (bicyclic) bond motifs is 1. The van der Waals surface area contributed by atoms with Gasteiger partial charge < -0.3 is 16.4 Å². The molecule has 2 aromatic rings. The Bertz CT molecular complexity index is 449. The van der Waals surface area contributed by atoms with Gasteiger partial charge in [0.05, 0.1) is 5.39 Å². The summed E-state index contributed by atoms with van der Waals surface area (Å²) in [5.41, 5.74) is 11.2. The molecule has 0 atom stereocenters. The summed E-state index contributed by atoms with van der Waals surface area (Å²) in [6.45, 7) is 2.71. The smallest absolute Gasteiger partial charge is 0.140 e. The molecule has 4 N–H and O–H groups in total. The molecule has 0 aliphatic rings. The SMILES string of the molecule is NCCN(CCN)c1ncnc2sccc12. The summed E-state index contributed by atoms with van der Waals surface area (Å²) in [6, 6.07) is 2.04. The number of nitrogens with zero attached hydrogens (tertiary/aromatic N) is 3. The molecule has 0 unspecified atom stereocenters. The maximum absolute atomic E-state index is 5.59. The fourth-order valence-corrected chi connectivity index (χ4v) is 2.39. The van der Waals surface area contributed by atoms with Crippen molar-refractivity contribution in [3.8, 4) is 0 Å². The van der Waals surface area contributed by atoms with E-state index < -0.39 is 0 Å². The van der Waals surface area contributed by atoms with Crippen LogP contribution in [-0.4, -0.2) is 36.1 Å². The van der Waals surface area contributed by atoms with E-state index in [1.54, 1.807) is 17.7 Å². The maximum Gasteiger partial charge on any atom is 0.140 e. The Balaban J connectivity index is 2.38. The van der Waals surface area contributed by atoms with Crippen LogP contribution in [-0.2, 0) is 0 Å². The number of rotatable bonds is 5. The quantitative estimate of drug-likeness (QED) is 0.787. The predicted octanol–water partition coefficient (Wildman–Crippen LogP) is 0.415. The number of aromatic nitrogens is 2. The van der Waals surface area contributed by atoms with Crippen LogP contribution in [0.4, 0.5) is 5.82 Å². The lowest BCUT2D eigenvalue weighted by atomic mass is 10.3. The first-order valence-electron chi connectivity index (χ1n) is 5.20. The topological polar surface area (TPSA) is 81.1 Å². The highest BCUT2D eigenvalue weighted by Gasteiger charge is 2.11. The molecule has 0 aliphatic heterocycles. The highest BCUT2D eigenvalue weighted by Crippen LogP contribution is 2.26. The minimum atomic E-state index is 0.593. The van der Waals surface area contributed by atoms with Gasteiger partial charge in [-0.25, -0.2) is 9.97 Å². The Morgan fingerprint density at radius 3 is 2.62 bits per heavy atom. The molecule has 2 rings (SSSR count). The summed E-state index contributed by atoms with van der Waals surface area (Å²) in [7, 11) is 0. The average Bonchev–Trinajstić information content (AvgIpc) is 2.76. The standard InChI is InChI=1S/C10H15N5S/c11-2-4-15(5-3-12)9-8-1-6-16-10(8)14-7-13-9/h1,6-7H,2-5,11-12H2. The zero-order valence-corrected chi connectivity index (χ0v) is 9.78. The summed E-state index contributed by atoms with van der Waals surface area (Å²) in [5, 5.41) is 3.10. The summed E-state index contributed by atoms with van der Waals surface area (Å²) < 4.78 is 0. The monoisotopic (exact) mass is 237 g/mol. The van der Waals surface area contributed by atoms with Crippen LogP contribution in [0.25, 0.3) is 10.2 Å². The Morgan fingerprint density at radius 1 is 1.19 bits per heavy atom. The van der Waals surface area contributed by atoms with Crippen molar-refractivity contribution in [2.45, 2.75) is 0 Å². The third-order valence-electron chi connectivity index (χ3n) is 2.34. The van der Waals surface area contributed by atoms with Crippen molar-refractivity contribution in [2.75, 3.05) is 31.1 Å². The minimum Gasteiger partial charge on any atom is -0.353 e. The fraction of sp³-hybridized carbons (Fsp3) is 0.400. The molecule has 0 bridgehead atoms. The van der Waals surface area contributed by atoms with Crippen LogP contribution in [0.15, 0.2) is 17.8 Å². The Hall–Kier alpha value is -1.24. The second kappa shape index (κ2) is 5.20. The molecule has 2 aromatic heterocycles. The second-order valence-electron chi connectivity index (χ2n) is 3.40. The van der Waals surface area contributed by atoms with Gasteiger partial charge in [-0.1, -0.05) is 0 Å². The van der Waals surface area contributed by atoms with Crippen LogP contribution in [0.3, 0.4) is 0 Å². The first-order valence-corrected chi connectivity index (χ1v) is 6.08. The first kappa shape index (κ1) is 11.3. The van der Waals surface area contributed by atoms with E-state index >= 15 is 0 Å². The van der Waals surface area contributed by atoms with Gasteiger partial charge in [-0.2, -0.15) is 0 Å². The van der Waals surface area contributed by atoms with Crippen LogP contribution < -0.4 is 16.4 Å². The predicted molar refractivity (Wildman–Crippen MR) is 67.7 cm³/mol. The van der Waals surface area contributed by atoms with E-state index in [-0.39, 0.29) is 0 Å². The zero-order valence-electron chi connectivity index (χ0n) is 8.97. The van der Waals surface area contributed by atoms with Crippen molar-refractivity contribution in [3.05, 3.63) is 17.8 Å². The number of nitrogens with two attached hydrogens (primary N) is 2. The van der Waals surface area contributed by atoms with Crippen LogP contribution in [0.2, 0.25) is 0 Å². The molecule has 0 saturated heterocycles. The largest absolute Gasteiger partial charge is 0.353 e.